The van der Waals surface area contributed by atoms with Crippen LogP contribution in [0.5, 0.6) is 0 Å². The van der Waals surface area contributed by atoms with Crippen molar-refractivity contribution in [3.8, 4) is 0 Å². The third kappa shape index (κ3) is 15.1. The summed E-state index contributed by atoms with van der Waals surface area (Å²) in [4.78, 5) is 10.8. The molecule has 0 aromatic heterocycles. The molecule has 0 heterocycles. The number of nitrogens with one attached hydrogen (secondary N) is 1. The Bertz CT molecular complexity index is 474. The van der Waals surface area contributed by atoms with E-state index in [1.807, 2.05) is 12.1 Å². The minimum absolute atomic E-state index is 0. The van der Waals surface area contributed by atoms with E-state index in [4.69, 9.17) is 5.11 Å². The summed E-state index contributed by atoms with van der Waals surface area (Å²) in [7, 11) is 0. The average Bonchev–Trinajstić information content (AvgIpc) is 2.62. The fourth-order valence-electron chi connectivity index (χ4n) is 3.23. The normalized spacial score (nSPS) is 10.6. The van der Waals surface area contributed by atoms with Crippen LogP contribution in [0.2, 0.25) is 0 Å². The van der Waals surface area contributed by atoms with Gasteiger partial charge in [-0.05, 0) is 36.6 Å². The molecule has 0 radical (unpaired) electrons. The third-order valence-electron chi connectivity index (χ3n) is 4.92. The molecule has 0 saturated carbocycles. The van der Waals surface area contributed by atoms with Crippen molar-refractivity contribution in [2.75, 3.05) is 11.9 Å². The first-order valence-corrected chi connectivity index (χ1v) is 10.7. The molecule has 4 heteroatoms. The number of carbonyl (C=O) groups is 1. The summed E-state index contributed by atoms with van der Waals surface area (Å²) in [6, 6.07) is 6.97. The Labute approximate surface area is 189 Å². The van der Waals surface area contributed by atoms with Crippen LogP contribution in [0, 0.1) is 5.92 Å². The van der Waals surface area contributed by atoms with Crippen molar-refractivity contribution in [2.45, 2.75) is 90.9 Å². The molecule has 0 aliphatic heterocycles. The standard InChI is InChI=1S/C23H39NO2.Na.H/c1-20(2)14-12-10-8-6-4-3-5-7-9-11-13-19-24-22-17-15-21(16-18-22)23(25)26;;/h15-18,20,24H,3-14,19H2,1-2H3,(H,25,26);;. The summed E-state index contributed by atoms with van der Waals surface area (Å²) in [6.07, 6.45) is 16.4. The maximum absolute atomic E-state index is 10.8. The fourth-order valence-corrected chi connectivity index (χ4v) is 3.23. The number of unbranched alkanes of at least 4 members (excludes halogenated alkanes) is 10. The van der Waals surface area contributed by atoms with Crippen molar-refractivity contribution in [1.82, 2.24) is 0 Å². The summed E-state index contributed by atoms with van der Waals surface area (Å²) < 4.78 is 0. The topological polar surface area (TPSA) is 49.3 Å². The third-order valence-corrected chi connectivity index (χ3v) is 4.92. The zero-order chi connectivity index (χ0) is 19.0. The molecular formula is C23H40NNaO2. The van der Waals surface area contributed by atoms with E-state index in [2.05, 4.69) is 19.2 Å². The Morgan fingerprint density at radius 1 is 0.815 bits per heavy atom. The second kappa shape index (κ2) is 17.6. The van der Waals surface area contributed by atoms with Crippen molar-refractivity contribution in [3.05, 3.63) is 29.8 Å². The van der Waals surface area contributed by atoms with Gasteiger partial charge in [0, 0.05) is 12.2 Å². The zero-order valence-electron chi connectivity index (χ0n) is 16.9. The summed E-state index contributed by atoms with van der Waals surface area (Å²) in [5, 5.41) is 12.2. The van der Waals surface area contributed by atoms with Gasteiger partial charge in [0.2, 0.25) is 0 Å². The molecular weight excluding hydrogens is 345 g/mol. The Hall–Kier alpha value is -0.510. The van der Waals surface area contributed by atoms with Gasteiger partial charge >= 0.3 is 35.5 Å². The molecule has 1 rings (SSSR count). The average molecular weight is 386 g/mol. The Morgan fingerprint density at radius 3 is 1.70 bits per heavy atom. The molecule has 1 aromatic carbocycles. The molecule has 0 saturated heterocycles. The molecule has 2 N–H and O–H groups in total. The molecule has 0 unspecified atom stereocenters. The number of anilines is 1. The fraction of sp³-hybridized carbons (Fsp3) is 0.696. The van der Waals surface area contributed by atoms with Crippen LogP contribution in [0.1, 0.15) is 101 Å². The molecule has 150 valence electrons. The zero-order valence-corrected chi connectivity index (χ0v) is 16.9. The summed E-state index contributed by atoms with van der Waals surface area (Å²) in [5.74, 6) is -0.00893. The molecule has 1 aromatic rings. The minimum atomic E-state index is -0.873. The van der Waals surface area contributed by atoms with Gasteiger partial charge in [-0.15, -0.1) is 0 Å². The van der Waals surface area contributed by atoms with E-state index < -0.39 is 5.97 Å². The molecule has 27 heavy (non-hydrogen) atoms. The van der Waals surface area contributed by atoms with E-state index in [0.29, 0.717) is 5.56 Å². The van der Waals surface area contributed by atoms with Gasteiger partial charge in [0.1, 0.15) is 0 Å². The number of hydrogen-bond donors (Lipinski definition) is 2. The summed E-state index contributed by atoms with van der Waals surface area (Å²) in [5.41, 5.74) is 1.34. The first-order chi connectivity index (χ1) is 12.6. The first-order valence-electron chi connectivity index (χ1n) is 10.7. The second-order valence-electron chi connectivity index (χ2n) is 7.88. The van der Waals surface area contributed by atoms with Gasteiger partial charge in [0.15, 0.2) is 0 Å². The quantitative estimate of drug-likeness (QED) is 0.253. The Kier molecular flexibility index (Phi) is 17.2. The predicted molar refractivity (Wildman–Crippen MR) is 119 cm³/mol. The van der Waals surface area contributed by atoms with Crippen molar-refractivity contribution >= 4 is 41.2 Å². The predicted octanol–water partition coefficient (Wildman–Crippen LogP) is 6.49. The van der Waals surface area contributed by atoms with E-state index in [0.717, 1.165) is 18.2 Å². The van der Waals surface area contributed by atoms with Gasteiger partial charge in [-0.3, -0.25) is 0 Å². The molecule has 0 fully saturated rings. The molecule has 0 aliphatic rings. The molecule has 0 spiro atoms. The molecule has 0 atom stereocenters. The van der Waals surface area contributed by atoms with Gasteiger partial charge < -0.3 is 10.4 Å². The van der Waals surface area contributed by atoms with Gasteiger partial charge in [0.05, 0.1) is 5.56 Å². The van der Waals surface area contributed by atoms with Crippen LogP contribution in [-0.4, -0.2) is 47.2 Å². The number of benzene rings is 1. The SMILES string of the molecule is CC(C)CCCCCCCCCCCCCNc1ccc(C(=O)O)cc1.[NaH]. The molecule has 0 amide bonds. The molecule has 0 bridgehead atoms. The summed E-state index contributed by atoms with van der Waals surface area (Å²) in [6.45, 7) is 5.59. The van der Waals surface area contributed by atoms with Crippen molar-refractivity contribution in [2.24, 2.45) is 5.92 Å². The van der Waals surface area contributed by atoms with Crippen LogP contribution >= 0.6 is 0 Å². The number of carboxylic acid groups (broad SMARTS) is 1. The first kappa shape index (κ1) is 26.5. The van der Waals surface area contributed by atoms with Crippen LogP contribution in [0.4, 0.5) is 5.69 Å². The van der Waals surface area contributed by atoms with Crippen molar-refractivity contribution in [1.29, 1.82) is 0 Å². The van der Waals surface area contributed by atoms with Crippen LogP contribution in [0.15, 0.2) is 24.3 Å². The number of rotatable bonds is 16. The monoisotopic (exact) mass is 385 g/mol. The maximum atomic E-state index is 10.8. The van der Waals surface area contributed by atoms with Crippen LogP contribution in [-0.2, 0) is 0 Å². The van der Waals surface area contributed by atoms with Gasteiger partial charge in [-0.25, -0.2) is 4.79 Å². The summed E-state index contributed by atoms with van der Waals surface area (Å²) >= 11 is 0. The second-order valence-corrected chi connectivity index (χ2v) is 7.88. The Balaban J connectivity index is 0.00000676. The van der Waals surface area contributed by atoms with E-state index in [1.54, 1.807) is 12.1 Å². The van der Waals surface area contributed by atoms with E-state index >= 15 is 0 Å². The number of aromatic carboxylic acids is 1. The van der Waals surface area contributed by atoms with Crippen molar-refractivity contribution in [3.63, 3.8) is 0 Å². The van der Waals surface area contributed by atoms with Crippen LogP contribution in [0.25, 0.3) is 0 Å². The van der Waals surface area contributed by atoms with Gasteiger partial charge in [-0.1, -0.05) is 84.5 Å². The molecule has 0 aliphatic carbocycles. The number of carboxylic acids is 1. The van der Waals surface area contributed by atoms with E-state index in [1.165, 1.54) is 77.0 Å². The van der Waals surface area contributed by atoms with Crippen molar-refractivity contribution < 1.29 is 9.90 Å². The number of hydrogen-bond acceptors (Lipinski definition) is 2. The Morgan fingerprint density at radius 2 is 1.26 bits per heavy atom. The van der Waals surface area contributed by atoms with E-state index in [-0.39, 0.29) is 29.6 Å². The van der Waals surface area contributed by atoms with Crippen LogP contribution in [0.3, 0.4) is 0 Å². The van der Waals surface area contributed by atoms with Gasteiger partial charge in [0.25, 0.3) is 0 Å². The van der Waals surface area contributed by atoms with Crippen LogP contribution < -0.4 is 5.32 Å². The molecule has 3 nitrogen and oxygen atoms in total. The van der Waals surface area contributed by atoms with Gasteiger partial charge in [-0.2, -0.15) is 0 Å². The van der Waals surface area contributed by atoms with E-state index in [9.17, 15) is 4.79 Å².